The van der Waals surface area contributed by atoms with Crippen LogP contribution in [-0.2, 0) is 24.1 Å². The molecule has 1 aliphatic carbocycles. The molecule has 2 saturated heterocycles. The van der Waals surface area contributed by atoms with Gasteiger partial charge in [0, 0.05) is 63.8 Å². The molecule has 3 aliphatic rings. The third kappa shape index (κ3) is 6.91. The van der Waals surface area contributed by atoms with E-state index in [2.05, 4.69) is 15.2 Å². The van der Waals surface area contributed by atoms with Crippen molar-refractivity contribution in [2.24, 2.45) is 5.41 Å². The van der Waals surface area contributed by atoms with Crippen molar-refractivity contribution in [3.8, 4) is 16.9 Å². The second-order valence-corrected chi connectivity index (χ2v) is 15.7. The minimum Gasteiger partial charge on any atom is -0.491 e. The maximum atomic E-state index is 14.3. The summed E-state index contributed by atoms with van der Waals surface area (Å²) in [7, 11) is 0. The fourth-order valence-electron chi connectivity index (χ4n) is 7.98. The van der Waals surface area contributed by atoms with Crippen LogP contribution in [0.3, 0.4) is 0 Å². The fraction of sp³-hybridized carbons (Fsp3) is 0.514. The average Bonchev–Trinajstić information content (AvgIpc) is 3.66. The van der Waals surface area contributed by atoms with Gasteiger partial charge in [-0.3, -0.25) is 19.2 Å². The zero-order chi connectivity index (χ0) is 35.4. The quantitative estimate of drug-likeness (QED) is 0.203. The highest BCUT2D eigenvalue weighted by molar-refractivity contribution is 7.18. The lowest BCUT2D eigenvalue weighted by molar-refractivity contribution is -0.0668. The van der Waals surface area contributed by atoms with Crippen LogP contribution in [-0.4, -0.2) is 76.3 Å². The van der Waals surface area contributed by atoms with E-state index in [0.29, 0.717) is 65.7 Å². The Kier molecular flexibility index (Phi) is 9.51. The van der Waals surface area contributed by atoms with Crippen LogP contribution in [0.25, 0.3) is 21.3 Å². The van der Waals surface area contributed by atoms with Gasteiger partial charge in [0.25, 0.3) is 11.5 Å². The van der Waals surface area contributed by atoms with Crippen molar-refractivity contribution >= 4 is 39.1 Å². The van der Waals surface area contributed by atoms with Crippen molar-refractivity contribution < 1.29 is 23.0 Å². The summed E-state index contributed by atoms with van der Waals surface area (Å²) in [6.45, 7) is 9.58. The molecule has 1 spiro atoms. The van der Waals surface area contributed by atoms with E-state index in [-0.39, 0.29) is 37.3 Å². The Morgan fingerprint density at radius 1 is 1.18 bits per heavy atom. The number of fused-ring (bicyclic) bond motifs is 2. The van der Waals surface area contributed by atoms with Gasteiger partial charge in [-0.15, -0.1) is 11.3 Å². The van der Waals surface area contributed by atoms with Crippen LogP contribution < -0.4 is 15.6 Å². The topological polar surface area (TPSA) is 98.6 Å². The third-order valence-electron chi connectivity index (χ3n) is 10.2. The van der Waals surface area contributed by atoms with Crippen molar-refractivity contribution in [1.29, 1.82) is 0 Å². The molecule has 266 valence electrons. The van der Waals surface area contributed by atoms with E-state index >= 15 is 0 Å². The molecule has 1 N–H and O–H groups in total. The van der Waals surface area contributed by atoms with Gasteiger partial charge in [0.15, 0.2) is 0 Å². The summed E-state index contributed by atoms with van der Waals surface area (Å²) in [5.41, 5.74) is 4.38. The summed E-state index contributed by atoms with van der Waals surface area (Å²) >= 11 is 7.90. The Hall–Kier alpha value is -3.45. The maximum Gasteiger partial charge on any atom is 0.341 e. The number of nitrogens with one attached hydrogen (secondary N) is 1. The number of aryl methyl sites for hydroxylation is 3. The monoisotopic (exact) mass is 725 g/mol. The highest BCUT2D eigenvalue weighted by Crippen LogP contribution is 2.44. The first-order chi connectivity index (χ1) is 23.8. The molecular weight excluding hydrogens is 684 g/mol. The molecule has 2 atom stereocenters. The van der Waals surface area contributed by atoms with E-state index in [1.807, 2.05) is 45.9 Å². The highest BCUT2D eigenvalue weighted by Gasteiger charge is 2.50. The Balaban J connectivity index is 1.09. The van der Waals surface area contributed by atoms with Crippen molar-refractivity contribution in [3.63, 3.8) is 0 Å². The maximum absolute atomic E-state index is 14.3. The molecule has 50 heavy (non-hydrogen) atoms. The van der Waals surface area contributed by atoms with E-state index in [1.165, 1.54) is 11.3 Å². The summed E-state index contributed by atoms with van der Waals surface area (Å²) < 4.78 is 42.9. The van der Waals surface area contributed by atoms with E-state index < -0.39 is 17.3 Å². The molecule has 0 bridgehead atoms. The Bertz CT molecular complexity index is 2020. The second kappa shape index (κ2) is 13.6. The van der Waals surface area contributed by atoms with Gasteiger partial charge in [0.2, 0.25) is 0 Å². The molecule has 0 amide bonds. The Morgan fingerprint density at radius 3 is 2.78 bits per heavy atom. The molecule has 3 aromatic heterocycles. The van der Waals surface area contributed by atoms with Crippen LogP contribution in [0.2, 0.25) is 5.02 Å². The number of esters is 1. The fourth-order valence-corrected chi connectivity index (χ4v) is 9.16. The SMILES string of the molecule is Cc1cc(-c2cc(Cl)ccc2OCCn2c(C)nc3c(c2=O)CC(N2CCC4(CNCC(F)(F)C4)C2)CC3)c2scc(C(=O)OC(C)C)c2n1. The normalized spacial score (nSPS) is 22.0. The highest BCUT2D eigenvalue weighted by atomic mass is 35.5. The molecule has 0 radical (unpaired) electrons. The number of ether oxygens (including phenoxy) is 2. The van der Waals surface area contributed by atoms with Gasteiger partial charge in [-0.25, -0.2) is 18.6 Å². The number of carbonyl (C=O) groups excluding carboxylic acids is 1. The number of hydrogen-bond donors (Lipinski definition) is 1. The van der Waals surface area contributed by atoms with E-state index in [9.17, 15) is 18.4 Å². The lowest BCUT2D eigenvalue weighted by Crippen LogP contribution is -2.52. The standard InChI is InChI=1S/C37H42ClF2N5O4S/c1-21(2)49-35(47)29-16-50-33-27(13-22(3)42-32(29)33)26-14-24(38)5-8-31(26)48-12-11-45-23(4)43-30-7-6-25(15-28(30)34(45)46)44-10-9-36(20-44)17-37(39,40)19-41-18-36/h5,8,13-14,16,21,25,41H,6-7,9-12,15,17-20H2,1-4H3. The van der Waals surface area contributed by atoms with Crippen LogP contribution in [0.5, 0.6) is 5.75 Å². The Morgan fingerprint density at radius 2 is 2.00 bits per heavy atom. The summed E-state index contributed by atoms with van der Waals surface area (Å²) in [5.74, 6) is -1.88. The van der Waals surface area contributed by atoms with Crippen LogP contribution >= 0.6 is 22.9 Å². The summed E-state index contributed by atoms with van der Waals surface area (Å²) in [6, 6.07) is 7.48. The number of rotatable bonds is 8. The van der Waals surface area contributed by atoms with Crippen molar-refractivity contribution in [1.82, 2.24) is 24.8 Å². The van der Waals surface area contributed by atoms with Crippen LogP contribution in [0.15, 0.2) is 34.4 Å². The number of piperidine rings is 1. The molecule has 5 heterocycles. The zero-order valence-electron chi connectivity index (χ0n) is 28.8. The number of likely N-dealkylation sites (tertiary alicyclic amines) is 1. The lowest BCUT2D eigenvalue weighted by Gasteiger charge is -2.39. The van der Waals surface area contributed by atoms with Crippen molar-refractivity contribution in [2.45, 2.75) is 84.4 Å². The van der Waals surface area contributed by atoms with E-state index in [1.54, 1.807) is 16.0 Å². The molecule has 2 unspecified atom stereocenters. The number of aromatic nitrogens is 3. The summed E-state index contributed by atoms with van der Waals surface area (Å²) in [6.07, 6.45) is 2.52. The minimum atomic E-state index is -2.68. The molecule has 4 aromatic rings. The minimum absolute atomic E-state index is 0.0669. The first-order valence-corrected chi connectivity index (χ1v) is 18.5. The number of pyridine rings is 1. The van der Waals surface area contributed by atoms with Crippen LogP contribution in [0, 0.1) is 19.3 Å². The number of alkyl halides is 2. The average molecular weight is 726 g/mol. The number of hydrogen-bond acceptors (Lipinski definition) is 9. The molecule has 2 fully saturated rings. The van der Waals surface area contributed by atoms with Crippen molar-refractivity contribution in [3.05, 3.63) is 73.4 Å². The number of nitrogens with zero attached hydrogens (tertiary/aromatic N) is 4. The number of carbonyl (C=O) groups is 1. The van der Waals surface area contributed by atoms with Gasteiger partial charge in [0.1, 0.15) is 18.2 Å². The first kappa shape index (κ1) is 35.0. The largest absolute Gasteiger partial charge is 0.491 e. The molecular formula is C37H42ClF2N5O4S. The van der Waals surface area contributed by atoms with Gasteiger partial charge in [-0.2, -0.15) is 0 Å². The second-order valence-electron chi connectivity index (χ2n) is 14.4. The third-order valence-corrected chi connectivity index (χ3v) is 11.5. The van der Waals surface area contributed by atoms with Gasteiger partial charge in [-0.05, 0) is 84.2 Å². The predicted octanol–water partition coefficient (Wildman–Crippen LogP) is 6.61. The Labute approximate surface area is 299 Å². The molecule has 9 nitrogen and oxygen atoms in total. The molecule has 0 saturated carbocycles. The first-order valence-electron chi connectivity index (χ1n) is 17.3. The van der Waals surface area contributed by atoms with Gasteiger partial charge in [-0.1, -0.05) is 11.6 Å². The van der Waals surface area contributed by atoms with Gasteiger partial charge in [0.05, 0.1) is 40.7 Å². The van der Waals surface area contributed by atoms with Crippen LogP contribution in [0.4, 0.5) is 8.78 Å². The molecule has 13 heteroatoms. The van der Waals surface area contributed by atoms with Crippen LogP contribution in [0.1, 0.15) is 66.2 Å². The number of thiophene rings is 1. The van der Waals surface area contributed by atoms with E-state index in [4.69, 9.17) is 26.1 Å². The smallest absolute Gasteiger partial charge is 0.341 e. The van der Waals surface area contributed by atoms with Gasteiger partial charge >= 0.3 is 5.97 Å². The van der Waals surface area contributed by atoms with Gasteiger partial charge < -0.3 is 14.8 Å². The lowest BCUT2D eigenvalue weighted by atomic mass is 9.78. The number of halogens is 3. The van der Waals surface area contributed by atoms with E-state index in [0.717, 1.165) is 46.6 Å². The summed E-state index contributed by atoms with van der Waals surface area (Å²) in [4.78, 5) is 38.6. The zero-order valence-corrected chi connectivity index (χ0v) is 30.4. The molecule has 1 aromatic carbocycles. The molecule has 7 rings (SSSR count). The summed E-state index contributed by atoms with van der Waals surface area (Å²) in [5, 5.41) is 5.26. The van der Waals surface area contributed by atoms with Crippen molar-refractivity contribution in [2.75, 3.05) is 32.8 Å². The predicted molar refractivity (Wildman–Crippen MR) is 191 cm³/mol. The molecule has 2 aliphatic heterocycles. The number of benzene rings is 1.